The minimum atomic E-state index is -2.61. The van der Waals surface area contributed by atoms with Crippen LogP contribution in [-0.2, 0) is 4.79 Å². The molecule has 0 aliphatic heterocycles. The van der Waals surface area contributed by atoms with E-state index in [1.54, 1.807) is 0 Å². The Morgan fingerprint density at radius 3 is 2.64 bits per heavy atom. The van der Waals surface area contributed by atoms with E-state index in [4.69, 9.17) is 0 Å². The molecule has 0 bridgehead atoms. The quantitative estimate of drug-likeness (QED) is 0.617. The number of hydrogen-bond acceptors (Lipinski definition) is 1. The van der Waals surface area contributed by atoms with E-state index in [0.29, 0.717) is 6.42 Å². The summed E-state index contributed by atoms with van der Waals surface area (Å²) in [5, 5.41) is 2.37. The van der Waals surface area contributed by atoms with E-state index in [0.717, 1.165) is 0 Å². The average molecular weight is 163 g/mol. The number of halogens is 2. The Bertz CT molecular complexity index is 170. The van der Waals surface area contributed by atoms with Crippen molar-refractivity contribution >= 4 is 5.91 Å². The van der Waals surface area contributed by atoms with E-state index in [2.05, 4.69) is 5.32 Å². The third-order valence-electron chi connectivity index (χ3n) is 2.02. The van der Waals surface area contributed by atoms with E-state index in [1.807, 2.05) is 0 Å². The highest BCUT2D eigenvalue weighted by atomic mass is 19.3. The zero-order valence-corrected chi connectivity index (χ0v) is 6.36. The molecule has 0 radical (unpaired) electrons. The van der Waals surface area contributed by atoms with Crippen LogP contribution in [0.15, 0.2) is 0 Å². The second-order valence-corrected chi connectivity index (χ2v) is 2.91. The number of alkyl halides is 2. The monoisotopic (exact) mass is 163 g/mol. The van der Waals surface area contributed by atoms with Crippen molar-refractivity contribution in [1.82, 2.24) is 5.32 Å². The van der Waals surface area contributed by atoms with Gasteiger partial charge in [0.2, 0.25) is 11.8 Å². The van der Waals surface area contributed by atoms with Crippen molar-refractivity contribution < 1.29 is 13.6 Å². The van der Waals surface area contributed by atoms with Gasteiger partial charge in [0.15, 0.2) is 0 Å². The molecule has 1 atom stereocenters. The van der Waals surface area contributed by atoms with Crippen LogP contribution in [0, 0.1) is 5.92 Å². The Morgan fingerprint density at radius 1 is 1.64 bits per heavy atom. The van der Waals surface area contributed by atoms with Gasteiger partial charge >= 0.3 is 0 Å². The van der Waals surface area contributed by atoms with Gasteiger partial charge in [0.25, 0.3) is 0 Å². The minimum Gasteiger partial charge on any atom is -0.359 e. The van der Waals surface area contributed by atoms with E-state index >= 15 is 0 Å². The predicted octanol–water partition coefficient (Wildman–Crippen LogP) is 1.17. The van der Waals surface area contributed by atoms with Crippen LogP contribution in [-0.4, -0.2) is 18.9 Å². The van der Waals surface area contributed by atoms with Gasteiger partial charge < -0.3 is 5.32 Å². The van der Waals surface area contributed by atoms with Crippen LogP contribution in [0.1, 0.15) is 19.3 Å². The molecule has 0 aromatic rings. The fourth-order valence-corrected chi connectivity index (χ4v) is 1.38. The van der Waals surface area contributed by atoms with Crippen molar-refractivity contribution in [2.45, 2.75) is 25.2 Å². The summed E-state index contributed by atoms with van der Waals surface area (Å²) < 4.78 is 25.0. The largest absolute Gasteiger partial charge is 0.359 e. The van der Waals surface area contributed by atoms with Crippen LogP contribution >= 0.6 is 0 Å². The smallest absolute Gasteiger partial charge is 0.248 e. The number of hydrogen-bond donors (Lipinski definition) is 1. The van der Waals surface area contributed by atoms with Gasteiger partial charge in [-0.15, -0.1) is 0 Å². The second-order valence-electron chi connectivity index (χ2n) is 2.91. The standard InChI is InChI=1S/C7H11F2NO/c1-10-6(11)5-2-3-7(8,9)4-5/h5H,2-4H2,1H3,(H,10,11). The van der Waals surface area contributed by atoms with Crippen molar-refractivity contribution in [2.75, 3.05) is 7.05 Å². The molecule has 0 saturated heterocycles. The van der Waals surface area contributed by atoms with Crippen LogP contribution in [0.2, 0.25) is 0 Å². The molecule has 4 heteroatoms. The summed E-state index contributed by atoms with van der Waals surface area (Å²) in [5.74, 6) is -3.35. The van der Waals surface area contributed by atoms with Crippen LogP contribution < -0.4 is 5.32 Å². The number of rotatable bonds is 1. The molecule has 0 spiro atoms. The lowest BCUT2D eigenvalue weighted by Gasteiger charge is -2.08. The third kappa shape index (κ3) is 1.88. The maximum absolute atomic E-state index is 12.5. The number of nitrogens with one attached hydrogen (secondary N) is 1. The molecule has 1 N–H and O–H groups in total. The van der Waals surface area contributed by atoms with Gasteiger partial charge in [-0.05, 0) is 6.42 Å². The molecule has 1 fully saturated rings. The molecule has 1 saturated carbocycles. The first-order valence-electron chi connectivity index (χ1n) is 3.64. The SMILES string of the molecule is CNC(=O)C1CCC(F)(F)C1. The predicted molar refractivity (Wildman–Crippen MR) is 36.4 cm³/mol. The highest BCUT2D eigenvalue weighted by molar-refractivity contribution is 5.78. The molecule has 1 aliphatic rings. The Balaban J connectivity index is 2.48. The summed E-state index contributed by atoms with van der Waals surface area (Å²) in [4.78, 5) is 10.9. The molecule has 1 unspecified atom stereocenters. The van der Waals surface area contributed by atoms with Gasteiger partial charge in [0, 0.05) is 25.8 Å². The third-order valence-corrected chi connectivity index (χ3v) is 2.02. The van der Waals surface area contributed by atoms with Crippen LogP contribution in [0.4, 0.5) is 8.78 Å². The summed E-state index contributed by atoms with van der Waals surface area (Å²) in [6, 6.07) is 0. The van der Waals surface area contributed by atoms with Crippen molar-refractivity contribution in [1.29, 1.82) is 0 Å². The van der Waals surface area contributed by atoms with E-state index in [-0.39, 0.29) is 18.7 Å². The highest BCUT2D eigenvalue weighted by Crippen LogP contribution is 2.38. The molecular weight excluding hydrogens is 152 g/mol. The normalized spacial score (nSPS) is 28.5. The molecule has 1 amide bonds. The Hall–Kier alpha value is -0.670. The number of amides is 1. The zero-order chi connectivity index (χ0) is 8.48. The fourth-order valence-electron chi connectivity index (χ4n) is 1.38. The Labute approximate surface area is 64.0 Å². The van der Waals surface area contributed by atoms with E-state index < -0.39 is 11.8 Å². The lowest BCUT2D eigenvalue weighted by molar-refractivity contribution is -0.125. The zero-order valence-electron chi connectivity index (χ0n) is 6.36. The average Bonchev–Trinajstić information content (AvgIpc) is 2.29. The summed E-state index contributed by atoms with van der Waals surface area (Å²) >= 11 is 0. The fraction of sp³-hybridized carbons (Fsp3) is 0.857. The van der Waals surface area contributed by atoms with Crippen molar-refractivity contribution in [3.63, 3.8) is 0 Å². The minimum absolute atomic E-state index is 0.148. The first-order valence-corrected chi connectivity index (χ1v) is 3.64. The van der Waals surface area contributed by atoms with Gasteiger partial charge in [0.05, 0.1) is 0 Å². The lowest BCUT2D eigenvalue weighted by Crippen LogP contribution is -2.26. The first kappa shape index (κ1) is 8.43. The topological polar surface area (TPSA) is 29.1 Å². The van der Waals surface area contributed by atoms with Crippen molar-refractivity contribution in [3.8, 4) is 0 Å². The maximum Gasteiger partial charge on any atom is 0.248 e. The Morgan fingerprint density at radius 2 is 2.27 bits per heavy atom. The van der Waals surface area contributed by atoms with Crippen LogP contribution in [0.25, 0.3) is 0 Å². The second kappa shape index (κ2) is 2.75. The molecule has 0 aromatic heterocycles. The molecule has 1 rings (SSSR count). The summed E-state index contributed by atoms with van der Waals surface area (Å²) in [6.07, 6.45) is -0.121. The van der Waals surface area contributed by atoms with Crippen molar-refractivity contribution in [2.24, 2.45) is 5.92 Å². The van der Waals surface area contributed by atoms with Gasteiger partial charge in [-0.25, -0.2) is 8.78 Å². The number of carbonyl (C=O) groups is 1. The van der Waals surface area contributed by atoms with Crippen LogP contribution in [0.5, 0.6) is 0 Å². The van der Waals surface area contributed by atoms with Gasteiger partial charge in [-0.2, -0.15) is 0 Å². The van der Waals surface area contributed by atoms with Gasteiger partial charge in [-0.1, -0.05) is 0 Å². The summed E-state index contributed by atoms with van der Waals surface area (Å²) in [6.45, 7) is 0. The van der Waals surface area contributed by atoms with E-state index in [1.165, 1.54) is 7.05 Å². The Kier molecular flexibility index (Phi) is 2.11. The summed E-state index contributed by atoms with van der Waals surface area (Å²) in [5.41, 5.74) is 0. The van der Waals surface area contributed by atoms with Gasteiger partial charge in [0.1, 0.15) is 0 Å². The summed E-state index contributed by atoms with van der Waals surface area (Å²) in [7, 11) is 1.47. The van der Waals surface area contributed by atoms with Gasteiger partial charge in [-0.3, -0.25) is 4.79 Å². The molecule has 1 aliphatic carbocycles. The molecule has 64 valence electrons. The molecule has 0 aromatic carbocycles. The molecule has 2 nitrogen and oxygen atoms in total. The van der Waals surface area contributed by atoms with E-state index in [9.17, 15) is 13.6 Å². The highest BCUT2D eigenvalue weighted by Gasteiger charge is 2.42. The van der Waals surface area contributed by atoms with Crippen LogP contribution in [0.3, 0.4) is 0 Å². The first-order chi connectivity index (χ1) is 5.05. The molecular formula is C7H11F2NO. The van der Waals surface area contributed by atoms with Crippen molar-refractivity contribution in [3.05, 3.63) is 0 Å². The molecule has 11 heavy (non-hydrogen) atoms. The lowest BCUT2D eigenvalue weighted by atomic mass is 10.1. The number of carbonyl (C=O) groups excluding carboxylic acids is 1. The maximum atomic E-state index is 12.5. The molecule has 0 heterocycles.